The van der Waals surface area contributed by atoms with Crippen LogP contribution < -0.4 is 14.2 Å². The topological polar surface area (TPSA) is 102 Å². The largest absolute Gasteiger partial charge is 0.480 e. The summed E-state index contributed by atoms with van der Waals surface area (Å²) in [5.41, 5.74) is 2.34. The number of rotatable bonds is 6. The van der Waals surface area contributed by atoms with Crippen molar-refractivity contribution in [3.05, 3.63) is 78.4 Å². The second-order valence-corrected chi connectivity index (χ2v) is 8.69. The fourth-order valence-electron chi connectivity index (χ4n) is 3.11. The quantitative estimate of drug-likeness (QED) is 0.560. The van der Waals surface area contributed by atoms with Crippen LogP contribution in [-0.4, -0.2) is 32.3 Å². The van der Waals surface area contributed by atoms with Crippen LogP contribution in [0.1, 0.15) is 12.0 Å². The van der Waals surface area contributed by atoms with Gasteiger partial charge in [-0.3, -0.25) is 4.79 Å². The normalized spacial score (nSPS) is 13.1. The van der Waals surface area contributed by atoms with Gasteiger partial charge in [0.05, 0.1) is 4.90 Å². The SMILES string of the molecule is O=C(O)C(CC#Cc1ccccc1)NS(=O)(=O)c1ccc(-c2ccc3c(c2)OCO3)cc1. The van der Waals surface area contributed by atoms with Crippen molar-refractivity contribution in [3.63, 3.8) is 0 Å². The van der Waals surface area contributed by atoms with E-state index in [0.29, 0.717) is 11.5 Å². The number of sulfonamides is 1. The van der Waals surface area contributed by atoms with Crippen molar-refractivity contribution in [2.45, 2.75) is 17.4 Å². The summed E-state index contributed by atoms with van der Waals surface area (Å²) in [6, 6.07) is 19.3. The molecular formula is C24H19NO6S. The third-order valence-corrected chi connectivity index (χ3v) is 6.27. The van der Waals surface area contributed by atoms with Crippen LogP contribution in [-0.2, 0) is 14.8 Å². The molecule has 2 N–H and O–H groups in total. The van der Waals surface area contributed by atoms with E-state index < -0.39 is 22.0 Å². The zero-order valence-corrected chi connectivity index (χ0v) is 17.6. The fourth-order valence-corrected chi connectivity index (χ4v) is 4.30. The van der Waals surface area contributed by atoms with Crippen LogP contribution in [0.3, 0.4) is 0 Å². The van der Waals surface area contributed by atoms with Gasteiger partial charge < -0.3 is 14.6 Å². The van der Waals surface area contributed by atoms with Gasteiger partial charge >= 0.3 is 5.97 Å². The molecule has 8 heteroatoms. The summed E-state index contributed by atoms with van der Waals surface area (Å²) in [4.78, 5) is 11.5. The van der Waals surface area contributed by atoms with Crippen LogP contribution in [0, 0.1) is 11.8 Å². The van der Waals surface area contributed by atoms with Gasteiger partial charge in [0.2, 0.25) is 16.8 Å². The first-order chi connectivity index (χ1) is 15.4. The lowest BCUT2D eigenvalue weighted by atomic mass is 10.1. The highest BCUT2D eigenvalue weighted by molar-refractivity contribution is 7.89. The summed E-state index contributed by atoms with van der Waals surface area (Å²) in [6.45, 7) is 0.169. The highest BCUT2D eigenvalue weighted by Gasteiger charge is 2.25. The Labute approximate surface area is 185 Å². The third-order valence-electron chi connectivity index (χ3n) is 4.78. The van der Waals surface area contributed by atoms with Crippen molar-refractivity contribution in [1.29, 1.82) is 0 Å². The maximum atomic E-state index is 12.7. The van der Waals surface area contributed by atoms with Gasteiger partial charge in [-0.25, -0.2) is 8.42 Å². The molecular weight excluding hydrogens is 430 g/mol. The van der Waals surface area contributed by atoms with Crippen LogP contribution in [0.4, 0.5) is 0 Å². The molecule has 0 fully saturated rings. The molecule has 1 aliphatic heterocycles. The Hall–Kier alpha value is -3.80. The molecule has 0 saturated heterocycles. The summed E-state index contributed by atoms with van der Waals surface area (Å²) in [6.07, 6.45) is -0.168. The molecule has 0 aliphatic carbocycles. The Morgan fingerprint density at radius 2 is 1.66 bits per heavy atom. The van der Waals surface area contributed by atoms with Crippen molar-refractivity contribution in [2.75, 3.05) is 6.79 Å². The van der Waals surface area contributed by atoms with E-state index in [1.54, 1.807) is 30.3 Å². The minimum absolute atomic E-state index is 0.0377. The molecule has 4 rings (SSSR count). The lowest BCUT2D eigenvalue weighted by Crippen LogP contribution is -2.40. The van der Waals surface area contributed by atoms with Crippen molar-refractivity contribution in [3.8, 4) is 34.5 Å². The fraction of sp³-hybridized carbons (Fsp3) is 0.125. The number of hydrogen-bond acceptors (Lipinski definition) is 5. The van der Waals surface area contributed by atoms with E-state index in [1.807, 2.05) is 30.3 Å². The maximum absolute atomic E-state index is 12.7. The zero-order valence-electron chi connectivity index (χ0n) is 16.8. The van der Waals surface area contributed by atoms with Gasteiger partial charge in [-0.05, 0) is 47.5 Å². The molecule has 0 spiro atoms. The predicted molar refractivity (Wildman–Crippen MR) is 118 cm³/mol. The molecule has 0 amide bonds. The molecule has 1 aliphatic rings. The molecule has 0 bridgehead atoms. The number of carboxylic acid groups (broad SMARTS) is 1. The van der Waals surface area contributed by atoms with Gasteiger partial charge in [0, 0.05) is 12.0 Å². The van der Waals surface area contributed by atoms with Crippen LogP contribution in [0.25, 0.3) is 11.1 Å². The Morgan fingerprint density at radius 1 is 0.969 bits per heavy atom. The lowest BCUT2D eigenvalue weighted by molar-refractivity contribution is -0.138. The van der Waals surface area contributed by atoms with Gasteiger partial charge in [0.25, 0.3) is 0 Å². The summed E-state index contributed by atoms with van der Waals surface area (Å²) >= 11 is 0. The number of carboxylic acids is 1. The Kier molecular flexibility index (Phi) is 6.12. The number of nitrogens with one attached hydrogen (secondary N) is 1. The second-order valence-electron chi connectivity index (χ2n) is 6.98. The van der Waals surface area contributed by atoms with Gasteiger partial charge in [-0.2, -0.15) is 4.72 Å². The van der Waals surface area contributed by atoms with E-state index in [-0.39, 0.29) is 18.1 Å². The highest BCUT2D eigenvalue weighted by Crippen LogP contribution is 2.36. The van der Waals surface area contributed by atoms with Gasteiger partial charge in [-0.1, -0.05) is 48.2 Å². The average molecular weight is 449 g/mol. The summed E-state index contributed by atoms with van der Waals surface area (Å²) in [5.74, 6) is 5.55. The van der Waals surface area contributed by atoms with Gasteiger partial charge in [0.15, 0.2) is 11.5 Å². The predicted octanol–water partition coefficient (Wildman–Crippen LogP) is 3.26. The minimum atomic E-state index is -4.05. The minimum Gasteiger partial charge on any atom is -0.480 e. The summed E-state index contributed by atoms with van der Waals surface area (Å²) in [7, 11) is -4.05. The smallest absolute Gasteiger partial charge is 0.322 e. The van der Waals surface area contributed by atoms with Crippen molar-refractivity contribution >= 4 is 16.0 Å². The molecule has 0 saturated carbocycles. The molecule has 0 aromatic heterocycles. The molecule has 3 aromatic rings. The van der Waals surface area contributed by atoms with Crippen molar-refractivity contribution in [1.82, 2.24) is 4.72 Å². The zero-order chi connectivity index (χ0) is 22.6. The number of fused-ring (bicyclic) bond motifs is 1. The maximum Gasteiger partial charge on any atom is 0.322 e. The van der Waals surface area contributed by atoms with E-state index in [9.17, 15) is 18.3 Å². The highest BCUT2D eigenvalue weighted by atomic mass is 32.2. The van der Waals surface area contributed by atoms with Gasteiger partial charge in [-0.15, -0.1) is 0 Å². The van der Waals surface area contributed by atoms with E-state index in [1.165, 1.54) is 12.1 Å². The molecule has 1 heterocycles. The van der Waals surface area contributed by atoms with E-state index >= 15 is 0 Å². The molecule has 0 radical (unpaired) electrons. The average Bonchev–Trinajstić information content (AvgIpc) is 3.27. The summed E-state index contributed by atoms with van der Waals surface area (Å²) in [5, 5.41) is 9.43. The first kappa shape index (κ1) is 21.4. The Morgan fingerprint density at radius 3 is 2.38 bits per heavy atom. The number of carbonyl (C=O) groups is 1. The van der Waals surface area contributed by atoms with E-state index in [4.69, 9.17) is 9.47 Å². The van der Waals surface area contributed by atoms with E-state index in [2.05, 4.69) is 16.6 Å². The monoisotopic (exact) mass is 449 g/mol. The Balaban J connectivity index is 1.48. The van der Waals surface area contributed by atoms with Crippen LogP contribution in [0.2, 0.25) is 0 Å². The number of benzene rings is 3. The molecule has 162 valence electrons. The van der Waals surface area contributed by atoms with E-state index in [0.717, 1.165) is 16.7 Å². The molecule has 3 aromatic carbocycles. The van der Waals surface area contributed by atoms with Gasteiger partial charge in [0.1, 0.15) is 6.04 Å². The summed E-state index contributed by atoms with van der Waals surface area (Å²) < 4.78 is 38.3. The van der Waals surface area contributed by atoms with Crippen molar-refractivity contribution in [2.24, 2.45) is 0 Å². The number of aliphatic carboxylic acids is 1. The second kappa shape index (κ2) is 9.14. The van der Waals surface area contributed by atoms with Crippen LogP contribution in [0.5, 0.6) is 11.5 Å². The molecule has 1 atom stereocenters. The molecule has 32 heavy (non-hydrogen) atoms. The lowest BCUT2D eigenvalue weighted by Gasteiger charge is -2.13. The number of ether oxygens (including phenoxy) is 2. The standard InChI is InChI=1S/C24H19NO6S/c26-24(27)21(8-4-7-17-5-2-1-3-6-17)25-32(28,29)20-12-9-18(10-13-20)19-11-14-22-23(15-19)31-16-30-22/h1-3,5-6,9-15,21,25H,8,16H2,(H,26,27). The third kappa shape index (κ3) is 4.91. The van der Waals surface area contributed by atoms with Crippen LogP contribution in [0.15, 0.2) is 77.7 Å². The first-order valence-electron chi connectivity index (χ1n) is 9.71. The van der Waals surface area contributed by atoms with Crippen LogP contribution >= 0.6 is 0 Å². The first-order valence-corrected chi connectivity index (χ1v) is 11.2. The van der Waals surface area contributed by atoms with Crippen molar-refractivity contribution < 1.29 is 27.8 Å². The molecule has 1 unspecified atom stereocenters. The molecule has 7 nitrogen and oxygen atoms in total. The number of hydrogen-bond donors (Lipinski definition) is 2. The Bertz CT molecular complexity index is 1290.